The van der Waals surface area contributed by atoms with Gasteiger partial charge in [0.2, 0.25) is 0 Å². The van der Waals surface area contributed by atoms with Crippen molar-refractivity contribution in [2.45, 2.75) is 31.6 Å². The van der Waals surface area contributed by atoms with Gasteiger partial charge < -0.3 is 10.2 Å². The molecule has 0 saturated heterocycles. The standard InChI is InChI=1S/C14H16O4/c1-2-3-9-4-6-10(7-5-9)14(13(17)18)8-11(14)12(15)16/h4-7,11H,2-3,8H2,1H3,(H,15,16)(H,17,18). The minimum atomic E-state index is -1.21. The van der Waals surface area contributed by atoms with Gasteiger partial charge in [0, 0.05) is 0 Å². The van der Waals surface area contributed by atoms with Gasteiger partial charge in [0.1, 0.15) is 5.41 Å². The average Bonchev–Trinajstić information content (AvgIpc) is 3.07. The molecule has 1 aliphatic carbocycles. The van der Waals surface area contributed by atoms with Gasteiger partial charge in [-0.2, -0.15) is 0 Å². The molecule has 4 heteroatoms. The number of hydrogen-bond acceptors (Lipinski definition) is 2. The molecule has 18 heavy (non-hydrogen) atoms. The summed E-state index contributed by atoms with van der Waals surface area (Å²) in [7, 11) is 0. The molecule has 0 radical (unpaired) electrons. The predicted molar refractivity (Wildman–Crippen MR) is 65.5 cm³/mol. The lowest BCUT2D eigenvalue weighted by molar-refractivity contribution is -0.145. The van der Waals surface area contributed by atoms with Crippen LogP contribution in [-0.4, -0.2) is 22.2 Å². The van der Waals surface area contributed by atoms with Crippen LogP contribution in [0, 0.1) is 5.92 Å². The highest BCUT2D eigenvalue weighted by Crippen LogP contribution is 2.54. The fourth-order valence-electron chi connectivity index (χ4n) is 2.50. The summed E-state index contributed by atoms with van der Waals surface area (Å²) in [5, 5.41) is 18.3. The molecule has 1 saturated carbocycles. The van der Waals surface area contributed by atoms with E-state index in [1.54, 1.807) is 12.1 Å². The van der Waals surface area contributed by atoms with E-state index in [4.69, 9.17) is 5.11 Å². The molecule has 0 amide bonds. The van der Waals surface area contributed by atoms with Crippen molar-refractivity contribution in [2.75, 3.05) is 0 Å². The first kappa shape index (κ1) is 12.6. The summed E-state index contributed by atoms with van der Waals surface area (Å²) in [5.41, 5.74) is 0.535. The van der Waals surface area contributed by atoms with Gasteiger partial charge in [-0.15, -0.1) is 0 Å². The number of benzene rings is 1. The van der Waals surface area contributed by atoms with Crippen molar-refractivity contribution < 1.29 is 19.8 Å². The van der Waals surface area contributed by atoms with Crippen LogP contribution in [0.25, 0.3) is 0 Å². The number of hydrogen-bond donors (Lipinski definition) is 2. The molecular formula is C14H16O4. The van der Waals surface area contributed by atoms with Crippen molar-refractivity contribution in [2.24, 2.45) is 5.92 Å². The molecule has 1 aliphatic rings. The summed E-state index contributed by atoms with van der Waals surface area (Å²) in [6.45, 7) is 2.08. The van der Waals surface area contributed by atoms with Crippen molar-refractivity contribution in [3.8, 4) is 0 Å². The van der Waals surface area contributed by atoms with E-state index in [1.165, 1.54) is 0 Å². The third-order valence-electron chi connectivity index (χ3n) is 3.65. The minimum Gasteiger partial charge on any atom is -0.481 e. The Kier molecular flexibility index (Phi) is 3.11. The van der Waals surface area contributed by atoms with Gasteiger partial charge in [-0.05, 0) is 24.0 Å². The van der Waals surface area contributed by atoms with E-state index in [9.17, 15) is 14.7 Å². The first-order valence-corrected chi connectivity index (χ1v) is 6.08. The first-order chi connectivity index (χ1) is 8.52. The maximum atomic E-state index is 11.3. The van der Waals surface area contributed by atoms with Gasteiger partial charge >= 0.3 is 11.9 Å². The molecule has 2 atom stereocenters. The molecule has 2 rings (SSSR count). The van der Waals surface area contributed by atoms with E-state index in [2.05, 4.69) is 6.92 Å². The Morgan fingerprint density at radius 2 is 1.89 bits per heavy atom. The Bertz CT molecular complexity index is 477. The molecule has 0 aromatic heterocycles. The Morgan fingerprint density at radius 1 is 1.28 bits per heavy atom. The van der Waals surface area contributed by atoms with Crippen LogP contribution in [0.4, 0.5) is 0 Å². The molecule has 0 spiro atoms. The third kappa shape index (κ3) is 1.88. The zero-order chi connectivity index (χ0) is 13.3. The number of carboxylic acids is 2. The molecular weight excluding hydrogens is 232 g/mol. The summed E-state index contributed by atoms with van der Waals surface area (Å²) >= 11 is 0. The Hall–Kier alpha value is -1.84. The van der Waals surface area contributed by atoms with Crippen LogP contribution in [0.1, 0.15) is 30.9 Å². The quantitative estimate of drug-likeness (QED) is 0.836. The van der Waals surface area contributed by atoms with Crippen LogP contribution in [0.2, 0.25) is 0 Å². The van der Waals surface area contributed by atoms with Crippen molar-refractivity contribution in [3.63, 3.8) is 0 Å². The lowest BCUT2D eigenvalue weighted by Gasteiger charge is -2.12. The van der Waals surface area contributed by atoms with Crippen LogP contribution in [0.3, 0.4) is 0 Å². The second-order valence-electron chi connectivity index (χ2n) is 4.82. The van der Waals surface area contributed by atoms with E-state index in [-0.39, 0.29) is 6.42 Å². The van der Waals surface area contributed by atoms with E-state index >= 15 is 0 Å². The second-order valence-corrected chi connectivity index (χ2v) is 4.82. The third-order valence-corrected chi connectivity index (χ3v) is 3.65. The Morgan fingerprint density at radius 3 is 2.28 bits per heavy atom. The fraction of sp³-hybridized carbons (Fsp3) is 0.429. The molecule has 96 valence electrons. The van der Waals surface area contributed by atoms with E-state index in [0.29, 0.717) is 5.56 Å². The first-order valence-electron chi connectivity index (χ1n) is 6.08. The number of carbonyl (C=O) groups is 2. The van der Waals surface area contributed by atoms with E-state index in [0.717, 1.165) is 18.4 Å². The van der Waals surface area contributed by atoms with Crippen LogP contribution in [-0.2, 0) is 21.4 Å². The molecule has 0 bridgehead atoms. The predicted octanol–water partition coefficient (Wildman–Crippen LogP) is 2.07. The molecule has 0 aliphatic heterocycles. The molecule has 1 fully saturated rings. The molecule has 2 N–H and O–H groups in total. The van der Waals surface area contributed by atoms with Crippen molar-refractivity contribution >= 4 is 11.9 Å². The number of aryl methyl sites for hydroxylation is 1. The monoisotopic (exact) mass is 248 g/mol. The lowest BCUT2D eigenvalue weighted by atomic mass is 9.92. The largest absolute Gasteiger partial charge is 0.481 e. The smallest absolute Gasteiger partial charge is 0.315 e. The maximum Gasteiger partial charge on any atom is 0.315 e. The summed E-state index contributed by atoms with van der Waals surface area (Å²) in [6.07, 6.45) is 2.16. The fourth-order valence-corrected chi connectivity index (χ4v) is 2.50. The molecule has 1 aromatic carbocycles. The Labute approximate surface area is 105 Å². The summed E-state index contributed by atoms with van der Waals surface area (Å²) in [5.74, 6) is -2.87. The van der Waals surface area contributed by atoms with Crippen LogP contribution < -0.4 is 0 Å². The van der Waals surface area contributed by atoms with Crippen LogP contribution in [0.15, 0.2) is 24.3 Å². The zero-order valence-electron chi connectivity index (χ0n) is 10.2. The van der Waals surface area contributed by atoms with E-state index < -0.39 is 23.3 Å². The van der Waals surface area contributed by atoms with Gasteiger partial charge in [0.05, 0.1) is 5.92 Å². The second kappa shape index (κ2) is 4.44. The summed E-state index contributed by atoms with van der Waals surface area (Å²) in [6, 6.07) is 7.28. The highest BCUT2D eigenvalue weighted by Gasteiger charge is 2.65. The molecule has 0 heterocycles. The van der Waals surface area contributed by atoms with E-state index in [1.807, 2.05) is 12.1 Å². The van der Waals surface area contributed by atoms with Gasteiger partial charge in [-0.3, -0.25) is 9.59 Å². The van der Waals surface area contributed by atoms with Gasteiger partial charge in [-0.1, -0.05) is 37.6 Å². The summed E-state index contributed by atoms with van der Waals surface area (Å²) in [4.78, 5) is 22.3. The molecule has 2 unspecified atom stereocenters. The topological polar surface area (TPSA) is 74.6 Å². The number of carboxylic acid groups (broad SMARTS) is 2. The van der Waals surface area contributed by atoms with Crippen molar-refractivity contribution in [1.29, 1.82) is 0 Å². The number of aliphatic carboxylic acids is 2. The van der Waals surface area contributed by atoms with Crippen molar-refractivity contribution in [3.05, 3.63) is 35.4 Å². The normalized spacial score (nSPS) is 25.7. The number of rotatable bonds is 5. The Balaban J connectivity index is 2.29. The summed E-state index contributed by atoms with van der Waals surface area (Å²) < 4.78 is 0. The van der Waals surface area contributed by atoms with Crippen LogP contribution >= 0.6 is 0 Å². The minimum absolute atomic E-state index is 0.185. The highest BCUT2D eigenvalue weighted by molar-refractivity contribution is 5.94. The van der Waals surface area contributed by atoms with Gasteiger partial charge in [0.25, 0.3) is 0 Å². The van der Waals surface area contributed by atoms with Crippen LogP contribution in [0.5, 0.6) is 0 Å². The lowest BCUT2D eigenvalue weighted by Crippen LogP contribution is -2.25. The highest BCUT2D eigenvalue weighted by atomic mass is 16.4. The van der Waals surface area contributed by atoms with Gasteiger partial charge in [-0.25, -0.2) is 0 Å². The average molecular weight is 248 g/mol. The van der Waals surface area contributed by atoms with Crippen molar-refractivity contribution in [1.82, 2.24) is 0 Å². The SMILES string of the molecule is CCCc1ccc(C2(C(=O)O)CC2C(=O)O)cc1. The maximum absolute atomic E-state index is 11.3. The zero-order valence-corrected chi connectivity index (χ0v) is 10.2. The van der Waals surface area contributed by atoms with Gasteiger partial charge in [0.15, 0.2) is 0 Å². The molecule has 4 nitrogen and oxygen atoms in total. The molecule has 1 aromatic rings.